The molecule has 1 aliphatic heterocycles. The zero-order valence-corrected chi connectivity index (χ0v) is 19.0. The number of rotatable bonds is 9. The topological polar surface area (TPSA) is 88.4 Å². The molecule has 2 heterocycles. The van der Waals surface area contributed by atoms with Gasteiger partial charge in [-0.25, -0.2) is 8.42 Å². The van der Waals surface area contributed by atoms with Crippen molar-refractivity contribution >= 4 is 33.4 Å². The molecule has 9 heteroatoms. The number of hydrogen-bond donors (Lipinski definition) is 2. The molecule has 2 rings (SSSR count). The van der Waals surface area contributed by atoms with Gasteiger partial charge in [0.25, 0.3) is 0 Å². The highest BCUT2D eigenvalue weighted by Gasteiger charge is 2.31. The van der Waals surface area contributed by atoms with E-state index in [1.165, 1.54) is 25.7 Å². The Morgan fingerprint density at radius 3 is 2.82 bits per heavy atom. The van der Waals surface area contributed by atoms with Gasteiger partial charge in [-0.1, -0.05) is 33.1 Å². The number of unbranched alkanes of at least 4 members (excludes halogenated alkanes) is 2. The van der Waals surface area contributed by atoms with Gasteiger partial charge in [0.05, 0.1) is 29.5 Å². The number of hydrogen-bond acceptors (Lipinski definition) is 5. The van der Waals surface area contributed by atoms with E-state index >= 15 is 0 Å². The Kier molecular flexibility index (Phi) is 8.42. The Hall–Kier alpha value is -1.48. The van der Waals surface area contributed by atoms with E-state index < -0.39 is 9.84 Å². The quantitative estimate of drug-likeness (QED) is 0.273. The number of thiocarbonyl (C=S) groups is 1. The van der Waals surface area contributed by atoms with Gasteiger partial charge in [0.1, 0.15) is 0 Å². The normalized spacial score (nSPS) is 19.8. The fourth-order valence-corrected chi connectivity index (χ4v) is 5.32. The van der Waals surface area contributed by atoms with Crippen molar-refractivity contribution in [3.05, 3.63) is 17.0 Å². The van der Waals surface area contributed by atoms with E-state index in [1.54, 1.807) is 6.21 Å². The third-order valence-electron chi connectivity index (χ3n) is 5.21. The van der Waals surface area contributed by atoms with Crippen LogP contribution < -0.4 is 10.7 Å². The van der Waals surface area contributed by atoms with Gasteiger partial charge in [-0.2, -0.15) is 10.2 Å². The molecule has 0 spiro atoms. The van der Waals surface area contributed by atoms with Crippen LogP contribution >= 0.6 is 12.2 Å². The largest absolute Gasteiger partial charge is 0.361 e. The molecule has 2 atom stereocenters. The molecule has 0 unspecified atom stereocenters. The van der Waals surface area contributed by atoms with Crippen LogP contribution in [-0.4, -0.2) is 47.6 Å². The summed E-state index contributed by atoms with van der Waals surface area (Å²) in [4.78, 5) is 0. The molecular weight excluding hydrogens is 394 g/mol. The number of nitrogens with zero attached hydrogens (tertiary/aromatic N) is 3. The lowest BCUT2D eigenvalue weighted by molar-refractivity contribution is 0.486. The zero-order valence-electron chi connectivity index (χ0n) is 17.4. The molecule has 0 amide bonds. The summed E-state index contributed by atoms with van der Waals surface area (Å²) >= 11 is 5.28. The first kappa shape index (κ1) is 22.8. The third kappa shape index (κ3) is 6.55. The molecule has 2 N–H and O–H groups in total. The SMILES string of the molecule is CCCCC[C@H](C)CNC(=S)N/N=C\c1c(C)nn([C@@H]2CCS(=O)(=O)C2)c1C. The summed E-state index contributed by atoms with van der Waals surface area (Å²) in [5, 5.41) is 12.5. The zero-order chi connectivity index (χ0) is 20.7. The van der Waals surface area contributed by atoms with Crippen molar-refractivity contribution in [1.82, 2.24) is 20.5 Å². The molecule has 1 aliphatic rings. The lowest BCUT2D eigenvalue weighted by atomic mass is 10.0. The predicted molar refractivity (Wildman–Crippen MR) is 119 cm³/mol. The van der Waals surface area contributed by atoms with E-state index in [0.717, 1.165) is 23.5 Å². The Morgan fingerprint density at radius 1 is 1.43 bits per heavy atom. The van der Waals surface area contributed by atoms with Crippen LogP contribution in [0.4, 0.5) is 0 Å². The number of aromatic nitrogens is 2. The lowest BCUT2D eigenvalue weighted by Gasteiger charge is -2.13. The summed E-state index contributed by atoms with van der Waals surface area (Å²) in [6.45, 7) is 9.11. The Balaban J connectivity index is 1.86. The minimum absolute atomic E-state index is 0.0873. The highest BCUT2D eigenvalue weighted by Crippen LogP contribution is 2.26. The minimum atomic E-state index is -2.95. The summed E-state index contributed by atoms with van der Waals surface area (Å²) in [6, 6.07) is -0.0873. The van der Waals surface area contributed by atoms with Crippen molar-refractivity contribution in [1.29, 1.82) is 0 Å². The highest BCUT2D eigenvalue weighted by atomic mass is 32.2. The first-order valence-corrected chi connectivity index (χ1v) is 12.3. The van der Waals surface area contributed by atoms with Gasteiger partial charge in [0.2, 0.25) is 0 Å². The van der Waals surface area contributed by atoms with Crippen molar-refractivity contribution in [3.63, 3.8) is 0 Å². The minimum Gasteiger partial charge on any atom is -0.361 e. The average Bonchev–Trinajstić information content (AvgIpc) is 3.13. The van der Waals surface area contributed by atoms with Crippen molar-refractivity contribution in [2.75, 3.05) is 18.1 Å². The van der Waals surface area contributed by atoms with Crippen LogP contribution in [0.1, 0.15) is 68.9 Å². The molecular formula is C19H33N5O2S2. The molecule has 158 valence electrons. The molecule has 0 saturated carbocycles. The van der Waals surface area contributed by atoms with Crippen LogP contribution in [0, 0.1) is 19.8 Å². The summed E-state index contributed by atoms with van der Waals surface area (Å²) in [7, 11) is -2.95. The van der Waals surface area contributed by atoms with Crippen LogP contribution in [-0.2, 0) is 9.84 Å². The van der Waals surface area contributed by atoms with E-state index in [9.17, 15) is 8.42 Å². The maximum Gasteiger partial charge on any atom is 0.186 e. The van der Waals surface area contributed by atoms with Gasteiger partial charge in [-0.15, -0.1) is 0 Å². The van der Waals surface area contributed by atoms with Gasteiger partial charge < -0.3 is 5.32 Å². The summed E-state index contributed by atoms with van der Waals surface area (Å²) < 4.78 is 25.3. The van der Waals surface area contributed by atoms with E-state index in [-0.39, 0.29) is 17.5 Å². The molecule has 0 aliphatic carbocycles. The van der Waals surface area contributed by atoms with Gasteiger partial charge in [0, 0.05) is 17.8 Å². The van der Waals surface area contributed by atoms with Crippen LogP contribution in [0.15, 0.2) is 5.10 Å². The number of sulfone groups is 1. The first-order valence-electron chi connectivity index (χ1n) is 10.1. The lowest BCUT2D eigenvalue weighted by Crippen LogP contribution is -2.35. The maximum absolute atomic E-state index is 11.7. The highest BCUT2D eigenvalue weighted by molar-refractivity contribution is 7.91. The second kappa shape index (κ2) is 10.3. The molecule has 1 saturated heterocycles. The molecule has 7 nitrogen and oxygen atoms in total. The third-order valence-corrected chi connectivity index (χ3v) is 7.19. The molecule has 0 bridgehead atoms. The van der Waals surface area contributed by atoms with Crippen molar-refractivity contribution in [3.8, 4) is 0 Å². The second-order valence-corrected chi connectivity index (χ2v) is 10.4. The number of aryl methyl sites for hydroxylation is 1. The Labute approximate surface area is 174 Å². The number of nitrogens with one attached hydrogen (secondary N) is 2. The van der Waals surface area contributed by atoms with Crippen molar-refractivity contribution in [2.45, 2.75) is 65.8 Å². The van der Waals surface area contributed by atoms with E-state index in [0.29, 0.717) is 17.5 Å². The van der Waals surface area contributed by atoms with Crippen molar-refractivity contribution in [2.24, 2.45) is 11.0 Å². The van der Waals surface area contributed by atoms with Crippen LogP contribution in [0.25, 0.3) is 0 Å². The summed E-state index contributed by atoms with van der Waals surface area (Å²) in [5.41, 5.74) is 5.51. The van der Waals surface area contributed by atoms with Crippen molar-refractivity contribution < 1.29 is 8.42 Å². The maximum atomic E-state index is 11.7. The van der Waals surface area contributed by atoms with Gasteiger partial charge >= 0.3 is 0 Å². The van der Waals surface area contributed by atoms with E-state index in [4.69, 9.17) is 12.2 Å². The summed E-state index contributed by atoms with van der Waals surface area (Å²) in [5.74, 6) is 0.965. The van der Waals surface area contributed by atoms with Gasteiger partial charge in [0.15, 0.2) is 14.9 Å². The monoisotopic (exact) mass is 427 g/mol. The van der Waals surface area contributed by atoms with E-state index in [2.05, 4.69) is 34.8 Å². The molecule has 1 aromatic rings. The van der Waals surface area contributed by atoms with Crippen LogP contribution in [0.2, 0.25) is 0 Å². The predicted octanol–water partition coefficient (Wildman–Crippen LogP) is 2.87. The molecule has 1 fully saturated rings. The fraction of sp³-hybridized carbons (Fsp3) is 0.737. The molecule has 1 aromatic heterocycles. The Bertz CT molecular complexity index is 801. The average molecular weight is 428 g/mol. The first-order chi connectivity index (χ1) is 13.2. The summed E-state index contributed by atoms with van der Waals surface area (Å²) in [6.07, 6.45) is 7.28. The molecule has 28 heavy (non-hydrogen) atoms. The second-order valence-electron chi connectivity index (χ2n) is 7.77. The van der Waals surface area contributed by atoms with E-state index in [1.807, 2.05) is 18.5 Å². The molecule has 0 radical (unpaired) electrons. The fourth-order valence-electron chi connectivity index (χ4n) is 3.49. The standard InChI is InChI=1S/C19H33N5O2S2/c1-5-6-7-8-14(2)11-20-19(27)22-21-12-18-15(3)23-24(16(18)4)17-9-10-28(25,26)13-17/h12,14,17H,5-11,13H2,1-4H3,(H2,20,22,27)/b21-12-/t14-,17+/m0/s1. The number of hydrazone groups is 1. The van der Waals surface area contributed by atoms with Crippen LogP contribution in [0.3, 0.4) is 0 Å². The van der Waals surface area contributed by atoms with Gasteiger partial charge in [-0.3, -0.25) is 10.1 Å². The van der Waals surface area contributed by atoms with Gasteiger partial charge in [-0.05, 0) is 44.8 Å². The smallest absolute Gasteiger partial charge is 0.186 e. The molecule has 0 aromatic carbocycles. The Morgan fingerprint density at radius 2 is 2.18 bits per heavy atom. The van der Waals surface area contributed by atoms with Crippen LogP contribution in [0.5, 0.6) is 0 Å².